The molecule has 2 atom stereocenters. The molecule has 2 rings (SSSR count). The van der Waals surface area contributed by atoms with Gasteiger partial charge in [0.1, 0.15) is 5.75 Å². The minimum absolute atomic E-state index is 0.552. The van der Waals surface area contributed by atoms with Gasteiger partial charge in [0.25, 0.3) is 0 Å². The van der Waals surface area contributed by atoms with Crippen molar-refractivity contribution in [2.75, 3.05) is 6.61 Å². The second-order valence-corrected chi connectivity index (χ2v) is 4.10. The third kappa shape index (κ3) is 2.07. The number of benzene rings is 1. The lowest BCUT2D eigenvalue weighted by atomic mass is 10.2. The molecule has 1 aromatic carbocycles. The molecule has 0 aromatic heterocycles. The van der Waals surface area contributed by atoms with Crippen LogP contribution in [0.1, 0.15) is 18.9 Å². The summed E-state index contributed by atoms with van der Waals surface area (Å²) in [6.45, 7) is 3.66. The van der Waals surface area contributed by atoms with Gasteiger partial charge in [0.2, 0.25) is 0 Å². The summed E-state index contributed by atoms with van der Waals surface area (Å²) in [5.41, 5.74) is 6.72. The van der Waals surface area contributed by atoms with Crippen LogP contribution in [0, 0.1) is 11.8 Å². The smallest absolute Gasteiger partial charge is 0.123 e. The van der Waals surface area contributed by atoms with Crippen molar-refractivity contribution < 1.29 is 4.74 Å². The molecule has 1 saturated carbocycles. The van der Waals surface area contributed by atoms with E-state index in [1.165, 1.54) is 6.42 Å². The molecule has 0 aliphatic heterocycles. The van der Waals surface area contributed by atoms with Crippen LogP contribution in [0.2, 0.25) is 0 Å². The molecule has 0 unspecified atom stereocenters. The van der Waals surface area contributed by atoms with Gasteiger partial charge in [0.15, 0.2) is 0 Å². The Morgan fingerprint density at radius 2 is 2.14 bits per heavy atom. The lowest BCUT2D eigenvalue weighted by molar-refractivity contribution is 0.290. The quantitative estimate of drug-likeness (QED) is 0.791. The van der Waals surface area contributed by atoms with Gasteiger partial charge in [-0.3, -0.25) is 0 Å². The molecule has 1 aliphatic rings. The first-order chi connectivity index (χ1) is 6.81. The largest absolute Gasteiger partial charge is 0.493 e. The van der Waals surface area contributed by atoms with E-state index in [0.717, 1.165) is 29.8 Å². The van der Waals surface area contributed by atoms with Crippen molar-refractivity contribution >= 4 is 0 Å². The summed E-state index contributed by atoms with van der Waals surface area (Å²) in [4.78, 5) is 0. The van der Waals surface area contributed by atoms with Crippen LogP contribution in [-0.4, -0.2) is 6.61 Å². The zero-order valence-electron chi connectivity index (χ0n) is 8.57. The second kappa shape index (κ2) is 4.01. The summed E-state index contributed by atoms with van der Waals surface area (Å²) >= 11 is 0. The van der Waals surface area contributed by atoms with Crippen molar-refractivity contribution in [1.29, 1.82) is 0 Å². The van der Waals surface area contributed by atoms with Crippen molar-refractivity contribution in [3.63, 3.8) is 0 Å². The van der Waals surface area contributed by atoms with Gasteiger partial charge in [0.05, 0.1) is 6.61 Å². The Hall–Kier alpha value is -1.02. The number of hydrogen-bond acceptors (Lipinski definition) is 2. The minimum atomic E-state index is 0.552. The topological polar surface area (TPSA) is 35.2 Å². The number of hydrogen-bond donors (Lipinski definition) is 1. The lowest BCUT2D eigenvalue weighted by Crippen LogP contribution is -2.05. The highest BCUT2D eigenvalue weighted by Gasteiger charge is 2.33. The van der Waals surface area contributed by atoms with E-state index in [9.17, 15) is 0 Å². The van der Waals surface area contributed by atoms with Gasteiger partial charge in [0, 0.05) is 12.1 Å². The van der Waals surface area contributed by atoms with E-state index >= 15 is 0 Å². The van der Waals surface area contributed by atoms with Gasteiger partial charge in [-0.25, -0.2) is 0 Å². The van der Waals surface area contributed by atoms with Gasteiger partial charge in [-0.2, -0.15) is 0 Å². The van der Waals surface area contributed by atoms with Crippen LogP contribution in [0.4, 0.5) is 0 Å². The Bertz CT molecular complexity index is 311. The van der Waals surface area contributed by atoms with E-state index in [0.29, 0.717) is 6.54 Å². The first-order valence-corrected chi connectivity index (χ1v) is 5.22. The summed E-state index contributed by atoms with van der Waals surface area (Å²) < 4.78 is 5.74. The molecule has 0 amide bonds. The number of nitrogens with two attached hydrogens (primary N) is 1. The van der Waals surface area contributed by atoms with Gasteiger partial charge < -0.3 is 10.5 Å². The Labute approximate surface area is 85.1 Å². The van der Waals surface area contributed by atoms with Crippen LogP contribution in [0.15, 0.2) is 24.3 Å². The third-order valence-electron chi connectivity index (χ3n) is 2.92. The van der Waals surface area contributed by atoms with Crippen LogP contribution in [0.5, 0.6) is 5.75 Å². The second-order valence-electron chi connectivity index (χ2n) is 4.10. The standard InChI is InChI=1S/C12H17NO/c1-9-6-11(9)8-14-12-5-3-2-4-10(12)7-13/h2-5,9,11H,6-8,13H2,1H3/t9-,11-/m1/s1. The highest BCUT2D eigenvalue weighted by molar-refractivity contribution is 5.33. The highest BCUT2D eigenvalue weighted by Crippen LogP contribution is 2.38. The molecule has 1 aliphatic carbocycles. The zero-order chi connectivity index (χ0) is 9.97. The lowest BCUT2D eigenvalue weighted by Gasteiger charge is -2.09. The van der Waals surface area contributed by atoms with Crippen LogP contribution in [0.25, 0.3) is 0 Å². The maximum Gasteiger partial charge on any atom is 0.123 e. The average Bonchev–Trinajstić information content (AvgIpc) is 2.92. The summed E-state index contributed by atoms with van der Waals surface area (Å²) in [5, 5.41) is 0. The Balaban J connectivity index is 1.94. The molecular weight excluding hydrogens is 174 g/mol. The molecule has 0 spiro atoms. The van der Waals surface area contributed by atoms with E-state index in [4.69, 9.17) is 10.5 Å². The zero-order valence-corrected chi connectivity index (χ0v) is 8.57. The molecule has 2 nitrogen and oxygen atoms in total. The minimum Gasteiger partial charge on any atom is -0.493 e. The first-order valence-electron chi connectivity index (χ1n) is 5.22. The number of para-hydroxylation sites is 1. The van der Waals surface area contributed by atoms with Crippen molar-refractivity contribution in [2.45, 2.75) is 19.9 Å². The predicted octanol–water partition coefficient (Wildman–Crippen LogP) is 2.18. The Kier molecular flexibility index (Phi) is 2.73. The molecule has 1 aromatic rings. The van der Waals surface area contributed by atoms with Gasteiger partial charge in [-0.05, 0) is 24.3 Å². The van der Waals surface area contributed by atoms with Gasteiger partial charge in [-0.1, -0.05) is 25.1 Å². The molecule has 14 heavy (non-hydrogen) atoms. The Morgan fingerprint density at radius 3 is 2.79 bits per heavy atom. The normalized spacial score (nSPS) is 24.7. The van der Waals surface area contributed by atoms with Gasteiger partial charge >= 0.3 is 0 Å². The molecule has 2 N–H and O–H groups in total. The van der Waals surface area contributed by atoms with E-state index < -0.39 is 0 Å². The van der Waals surface area contributed by atoms with Gasteiger partial charge in [-0.15, -0.1) is 0 Å². The summed E-state index contributed by atoms with van der Waals surface area (Å²) in [5.74, 6) is 2.56. The maximum atomic E-state index is 5.74. The fraction of sp³-hybridized carbons (Fsp3) is 0.500. The SMILES string of the molecule is C[C@@H]1C[C@@H]1COc1ccccc1CN. The molecule has 0 radical (unpaired) electrons. The predicted molar refractivity (Wildman–Crippen MR) is 57.1 cm³/mol. The molecule has 0 bridgehead atoms. The fourth-order valence-electron chi connectivity index (χ4n) is 1.64. The molecule has 1 fully saturated rings. The molecular formula is C12H17NO. The highest BCUT2D eigenvalue weighted by atomic mass is 16.5. The van der Waals surface area contributed by atoms with E-state index in [-0.39, 0.29) is 0 Å². The molecule has 2 heteroatoms. The molecule has 0 saturated heterocycles. The molecule has 0 heterocycles. The van der Waals surface area contributed by atoms with Crippen LogP contribution in [-0.2, 0) is 6.54 Å². The number of rotatable bonds is 4. The van der Waals surface area contributed by atoms with Crippen LogP contribution < -0.4 is 10.5 Å². The van der Waals surface area contributed by atoms with E-state index in [1.54, 1.807) is 0 Å². The van der Waals surface area contributed by atoms with Crippen LogP contribution in [0.3, 0.4) is 0 Å². The number of ether oxygens (including phenoxy) is 1. The summed E-state index contributed by atoms with van der Waals surface area (Å²) in [6, 6.07) is 8.00. The maximum absolute atomic E-state index is 5.74. The van der Waals surface area contributed by atoms with Crippen molar-refractivity contribution in [1.82, 2.24) is 0 Å². The average molecular weight is 191 g/mol. The molecule has 76 valence electrons. The Morgan fingerprint density at radius 1 is 1.43 bits per heavy atom. The summed E-state index contributed by atoms with van der Waals surface area (Å²) in [6.07, 6.45) is 1.31. The van der Waals surface area contributed by atoms with Crippen LogP contribution >= 0.6 is 0 Å². The van der Waals surface area contributed by atoms with Crippen molar-refractivity contribution in [3.8, 4) is 5.75 Å². The first kappa shape index (κ1) is 9.53. The summed E-state index contributed by atoms with van der Waals surface area (Å²) in [7, 11) is 0. The van der Waals surface area contributed by atoms with Crippen molar-refractivity contribution in [2.24, 2.45) is 17.6 Å². The third-order valence-corrected chi connectivity index (χ3v) is 2.92. The van der Waals surface area contributed by atoms with Crippen molar-refractivity contribution in [3.05, 3.63) is 29.8 Å². The fourth-order valence-corrected chi connectivity index (χ4v) is 1.64. The van der Waals surface area contributed by atoms with E-state index in [2.05, 4.69) is 6.92 Å². The monoisotopic (exact) mass is 191 g/mol. The van der Waals surface area contributed by atoms with E-state index in [1.807, 2.05) is 24.3 Å².